The van der Waals surface area contributed by atoms with Crippen LogP contribution in [0.25, 0.3) is 11.3 Å². The Hall–Kier alpha value is -1.91. The molecule has 0 aliphatic rings. The van der Waals surface area contributed by atoms with Crippen molar-refractivity contribution in [3.05, 3.63) is 81.5 Å². The Morgan fingerprint density at radius 3 is 1.92 bits per heavy atom. The van der Waals surface area contributed by atoms with Crippen LogP contribution in [0.5, 0.6) is 0 Å². The monoisotopic (exact) mass is 370 g/mol. The second kappa shape index (κ2) is 6.54. The predicted molar refractivity (Wildman–Crippen MR) is 88.4 cm³/mol. The summed E-state index contributed by atoms with van der Waals surface area (Å²) in [6.45, 7) is 0. The van der Waals surface area contributed by atoms with Gasteiger partial charge in [0.1, 0.15) is 5.76 Å². The zero-order chi connectivity index (χ0) is 17.3. The molecule has 1 nitrogen and oxygen atoms in total. The standard InChI is InChI=1S/C18H11Cl2F3O/c19-14-5-1-11(2-6-14)9-13-10-16(24-17(13)18(21,22)23)12-3-7-15(20)8-4-12/h1-8,10H,9H2. The van der Waals surface area contributed by atoms with Gasteiger partial charge in [0.2, 0.25) is 5.76 Å². The zero-order valence-corrected chi connectivity index (χ0v) is 13.7. The summed E-state index contributed by atoms with van der Waals surface area (Å²) in [5.41, 5.74) is 1.33. The van der Waals surface area contributed by atoms with Gasteiger partial charge in [-0.15, -0.1) is 0 Å². The van der Waals surface area contributed by atoms with Crippen molar-refractivity contribution in [3.63, 3.8) is 0 Å². The van der Waals surface area contributed by atoms with Crippen molar-refractivity contribution in [1.82, 2.24) is 0 Å². The van der Waals surface area contributed by atoms with Crippen molar-refractivity contribution in [2.75, 3.05) is 0 Å². The van der Waals surface area contributed by atoms with E-state index in [0.29, 0.717) is 21.2 Å². The molecule has 0 aliphatic carbocycles. The molecule has 3 rings (SSSR count). The molecule has 0 saturated heterocycles. The number of halogens is 5. The Labute approximate surface area is 146 Å². The third kappa shape index (κ3) is 3.77. The molecule has 0 amide bonds. The topological polar surface area (TPSA) is 13.1 Å². The highest BCUT2D eigenvalue weighted by atomic mass is 35.5. The Kier molecular flexibility index (Phi) is 4.61. The molecular weight excluding hydrogens is 360 g/mol. The van der Waals surface area contributed by atoms with Gasteiger partial charge >= 0.3 is 6.18 Å². The lowest BCUT2D eigenvalue weighted by molar-refractivity contribution is -0.153. The van der Waals surface area contributed by atoms with E-state index in [1.807, 2.05) is 0 Å². The fraction of sp³-hybridized carbons (Fsp3) is 0.111. The smallest absolute Gasteiger partial charge is 0.449 e. The van der Waals surface area contributed by atoms with Gasteiger partial charge in [0.05, 0.1) is 0 Å². The lowest BCUT2D eigenvalue weighted by atomic mass is 10.0. The summed E-state index contributed by atoms with van der Waals surface area (Å²) in [4.78, 5) is 0. The molecular formula is C18H11Cl2F3O. The molecule has 124 valence electrons. The second-order valence-electron chi connectivity index (χ2n) is 5.27. The maximum absolute atomic E-state index is 13.3. The van der Waals surface area contributed by atoms with Crippen LogP contribution < -0.4 is 0 Å². The van der Waals surface area contributed by atoms with E-state index in [0.717, 1.165) is 0 Å². The van der Waals surface area contributed by atoms with E-state index in [9.17, 15) is 13.2 Å². The molecule has 6 heteroatoms. The Morgan fingerprint density at radius 1 is 0.833 bits per heavy atom. The van der Waals surface area contributed by atoms with Crippen LogP contribution in [0, 0.1) is 0 Å². The van der Waals surface area contributed by atoms with E-state index >= 15 is 0 Å². The zero-order valence-electron chi connectivity index (χ0n) is 12.2. The van der Waals surface area contributed by atoms with E-state index in [4.69, 9.17) is 27.6 Å². The van der Waals surface area contributed by atoms with Crippen LogP contribution in [0.4, 0.5) is 13.2 Å². The summed E-state index contributed by atoms with van der Waals surface area (Å²) < 4.78 is 44.9. The normalized spacial score (nSPS) is 11.7. The summed E-state index contributed by atoms with van der Waals surface area (Å²) >= 11 is 11.6. The molecule has 0 atom stereocenters. The third-order valence-corrected chi connectivity index (χ3v) is 4.01. The number of hydrogen-bond acceptors (Lipinski definition) is 1. The lowest BCUT2D eigenvalue weighted by Gasteiger charge is -2.06. The molecule has 3 aromatic rings. The average Bonchev–Trinajstić information content (AvgIpc) is 2.94. The highest BCUT2D eigenvalue weighted by Gasteiger charge is 2.38. The SMILES string of the molecule is FC(F)(F)c1oc(-c2ccc(Cl)cc2)cc1Cc1ccc(Cl)cc1. The van der Waals surface area contributed by atoms with Gasteiger partial charge in [-0.1, -0.05) is 35.3 Å². The summed E-state index contributed by atoms with van der Waals surface area (Å²) in [5, 5.41) is 1.03. The van der Waals surface area contributed by atoms with Crippen LogP contribution in [0.3, 0.4) is 0 Å². The van der Waals surface area contributed by atoms with Crippen LogP contribution in [0.1, 0.15) is 16.9 Å². The first-order valence-corrected chi connectivity index (χ1v) is 7.79. The van der Waals surface area contributed by atoms with Gasteiger partial charge < -0.3 is 4.42 Å². The van der Waals surface area contributed by atoms with E-state index in [2.05, 4.69) is 0 Å². The highest BCUT2D eigenvalue weighted by Crippen LogP contribution is 2.38. The van der Waals surface area contributed by atoms with E-state index < -0.39 is 11.9 Å². The van der Waals surface area contributed by atoms with Crippen molar-refractivity contribution in [1.29, 1.82) is 0 Å². The first-order chi connectivity index (χ1) is 11.3. The number of furan rings is 1. The van der Waals surface area contributed by atoms with Gasteiger partial charge in [0, 0.05) is 27.6 Å². The molecule has 0 bridgehead atoms. The second-order valence-corrected chi connectivity index (χ2v) is 6.15. The van der Waals surface area contributed by atoms with Gasteiger partial charge in [0.25, 0.3) is 0 Å². The van der Waals surface area contributed by atoms with Gasteiger partial charge in [-0.05, 0) is 48.0 Å². The molecule has 24 heavy (non-hydrogen) atoms. The molecule has 2 aromatic carbocycles. The molecule has 0 N–H and O–H groups in total. The van der Waals surface area contributed by atoms with Gasteiger partial charge in [0.15, 0.2) is 0 Å². The Morgan fingerprint density at radius 2 is 1.38 bits per heavy atom. The largest absolute Gasteiger partial charge is 0.451 e. The Bertz CT molecular complexity index is 834. The fourth-order valence-electron chi connectivity index (χ4n) is 2.38. The minimum atomic E-state index is -4.56. The first-order valence-electron chi connectivity index (χ1n) is 7.03. The molecule has 0 unspecified atom stereocenters. The van der Waals surface area contributed by atoms with Crippen molar-refractivity contribution in [2.45, 2.75) is 12.6 Å². The highest BCUT2D eigenvalue weighted by molar-refractivity contribution is 6.30. The molecule has 0 saturated carbocycles. The minimum Gasteiger partial charge on any atom is -0.451 e. The maximum Gasteiger partial charge on any atom is 0.449 e. The van der Waals surface area contributed by atoms with Crippen molar-refractivity contribution in [2.24, 2.45) is 0 Å². The van der Waals surface area contributed by atoms with E-state index in [1.54, 1.807) is 48.5 Å². The van der Waals surface area contributed by atoms with Crippen molar-refractivity contribution in [3.8, 4) is 11.3 Å². The van der Waals surface area contributed by atoms with Crippen LogP contribution in [0.2, 0.25) is 10.0 Å². The number of hydrogen-bond donors (Lipinski definition) is 0. The summed E-state index contributed by atoms with van der Waals surface area (Å²) in [7, 11) is 0. The number of alkyl halides is 3. The van der Waals surface area contributed by atoms with E-state index in [-0.39, 0.29) is 17.7 Å². The Balaban J connectivity index is 2.00. The van der Waals surface area contributed by atoms with Crippen molar-refractivity contribution >= 4 is 23.2 Å². The lowest BCUT2D eigenvalue weighted by Crippen LogP contribution is -2.06. The molecule has 0 spiro atoms. The molecule has 0 aliphatic heterocycles. The predicted octanol–water partition coefficient (Wildman–Crippen LogP) is 6.86. The quantitative estimate of drug-likeness (QED) is 0.490. The maximum atomic E-state index is 13.3. The van der Waals surface area contributed by atoms with Crippen LogP contribution >= 0.6 is 23.2 Å². The minimum absolute atomic E-state index is 0.0785. The fourth-order valence-corrected chi connectivity index (χ4v) is 2.63. The van der Waals surface area contributed by atoms with Crippen LogP contribution in [-0.2, 0) is 12.6 Å². The number of benzene rings is 2. The van der Waals surface area contributed by atoms with E-state index in [1.165, 1.54) is 6.07 Å². The van der Waals surface area contributed by atoms with Crippen LogP contribution in [-0.4, -0.2) is 0 Å². The molecule has 1 aromatic heterocycles. The summed E-state index contributed by atoms with van der Waals surface area (Å²) in [6.07, 6.45) is -4.46. The van der Waals surface area contributed by atoms with Gasteiger partial charge in [-0.25, -0.2) is 0 Å². The number of rotatable bonds is 3. The third-order valence-electron chi connectivity index (χ3n) is 3.50. The summed E-state index contributed by atoms with van der Waals surface area (Å²) in [6, 6.07) is 14.5. The van der Waals surface area contributed by atoms with Gasteiger partial charge in [-0.2, -0.15) is 13.2 Å². The van der Waals surface area contributed by atoms with Crippen molar-refractivity contribution < 1.29 is 17.6 Å². The summed E-state index contributed by atoms with van der Waals surface area (Å²) in [5.74, 6) is -0.828. The molecule has 1 heterocycles. The van der Waals surface area contributed by atoms with Gasteiger partial charge in [-0.3, -0.25) is 0 Å². The average molecular weight is 371 g/mol. The molecule has 0 radical (unpaired) electrons. The van der Waals surface area contributed by atoms with Crippen LogP contribution in [0.15, 0.2) is 59.0 Å². The first kappa shape index (κ1) is 16.9. The molecule has 0 fully saturated rings.